The van der Waals surface area contributed by atoms with Crippen LogP contribution in [0.15, 0.2) is 41.7 Å². The Balaban J connectivity index is 0.00000392. The maximum atomic E-state index is 5.78. The first-order chi connectivity index (χ1) is 13.1. The van der Waals surface area contributed by atoms with Crippen LogP contribution in [0.1, 0.15) is 18.7 Å². The number of imidazole rings is 1. The van der Waals surface area contributed by atoms with E-state index >= 15 is 0 Å². The minimum atomic E-state index is 0. The smallest absolute Gasteiger partial charge is 0.193 e. The molecule has 0 unspecified atom stereocenters. The number of halogens is 1. The molecule has 1 heterocycles. The van der Waals surface area contributed by atoms with Gasteiger partial charge in [0, 0.05) is 39.6 Å². The molecule has 0 aliphatic heterocycles. The number of aliphatic imine (C=N–C) groups is 1. The number of nitrogens with zero attached hydrogens (tertiary/aromatic N) is 4. The van der Waals surface area contributed by atoms with E-state index < -0.39 is 0 Å². The lowest BCUT2D eigenvalue weighted by Crippen LogP contribution is -2.41. The summed E-state index contributed by atoms with van der Waals surface area (Å²) < 4.78 is 13.1. The van der Waals surface area contributed by atoms with Crippen molar-refractivity contribution >= 4 is 29.9 Å². The van der Waals surface area contributed by atoms with Gasteiger partial charge in [-0.3, -0.25) is 4.99 Å². The van der Waals surface area contributed by atoms with E-state index in [1.165, 1.54) is 0 Å². The van der Waals surface area contributed by atoms with E-state index in [1.807, 2.05) is 50.6 Å². The molecule has 1 N–H and O–H groups in total. The Labute approximate surface area is 185 Å². The summed E-state index contributed by atoms with van der Waals surface area (Å²) in [6, 6.07) is 7.61. The Hall–Kier alpha value is -1.97. The molecule has 1 aromatic carbocycles. The second kappa shape index (κ2) is 13.2. The van der Waals surface area contributed by atoms with Crippen molar-refractivity contribution in [2.75, 3.05) is 40.9 Å². The van der Waals surface area contributed by atoms with Crippen LogP contribution in [0.4, 0.5) is 0 Å². The number of hydrogen-bond acceptors (Lipinski definition) is 4. The van der Waals surface area contributed by atoms with Gasteiger partial charge in [0.05, 0.1) is 13.7 Å². The Morgan fingerprint density at radius 3 is 2.54 bits per heavy atom. The van der Waals surface area contributed by atoms with Gasteiger partial charge in [-0.1, -0.05) is 0 Å². The molecule has 7 nitrogen and oxygen atoms in total. The van der Waals surface area contributed by atoms with Crippen molar-refractivity contribution in [3.8, 4) is 11.5 Å². The van der Waals surface area contributed by atoms with Crippen LogP contribution in [0, 0.1) is 6.92 Å². The molecule has 0 saturated heterocycles. The summed E-state index contributed by atoms with van der Waals surface area (Å²) in [6.45, 7) is 5.26. The molecule has 0 saturated carbocycles. The number of rotatable bonds is 10. The molecule has 0 aliphatic rings. The lowest BCUT2D eigenvalue weighted by Gasteiger charge is -2.22. The number of aromatic nitrogens is 2. The number of benzene rings is 1. The largest absolute Gasteiger partial charge is 0.497 e. The van der Waals surface area contributed by atoms with Gasteiger partial charge < -0.3 is 24.3 Å². The second-order valence-corrected chi connectivity index (χ2v) is 6.29. The molecule has 1 aromatic heterocycles. The molecule has 2 rings (SSSR count). The summed E-state index contributed by atoms with van der Waals surface area (Å²) in [7, 11) is 5.47. The van der Waals surface area contributed by atoms with Crippen LogP contribution in [0.3, 0.4) is 0 Å². The van der Waals surface area contributed by atoms with Crippen LogP contribution < -0.4 is 14.8 Å². The molecule has 8 heteroatoms. The Kier molecular flexibility index (Phi) is 11.4. The number of unbranched alkanes of at least 4 members (excludes halogenated alkanes) is 1. The van der Waals surface area contributed by atoms with E-state index in [1.54, 1.807) is 14.2 Å². The van der Waals surface area contributed by atoms with Crippen molar-refractivity contribution in [2.24, 2.45) is 4.99 Å². The fourth-order valence-corrected chi connectivity index (χ4v) is 2.71. The highest BCUT2D eigenvalue weighted by Gasteiger charge is 2.06. The third kappa shape index (κ3) is 7.95. The van der Waals surface area contributed by atoms with Gasteiger partial charge in [-0.25, -0.2) is 4.98 Å². The molecule has 0 atom stereocenters. The average molecular weight is 501 g/mol. The Morgan fingerprint density at radius 1 is 1.21 bits per heavy atom. The lowest BCUT2D eigenvalue weighted by atomic mass is 10.3. The number of ether oxygens (including phenoxy) is 2. The highest BCUT2D eigenvalue weighted by atomic mass is 127. The zero-order valence-electron chi connectivity index (χ0n) is 17.2. The number of likely N-dealkylation sites (N-methyl/N-ethyl adjacent to an activating group) is 1. The fourth-order valence-electron chi connectivity index (χ4n) is 2.71. The summed E-state index contributed by atoms with van der Waals surface area (Å²) in [6.07, 6.45) is 6.05. The number of nitrogens with one attached hydrogen (secondary N) is 1. The molecule has 0 radical (unpaired) electrons. The summed E-state index contributed by atoms with van der Waals surface area (Å²) >= 11 is 0. The first-order valence-electron chi connectivity index (χ1n) is 9.30. The molecule has 156 valence electrons. The van der Waals surface area contributed by atoms with Crippen molar-refractivity contribution in [1.29, 1.82) is 0 Å². The lowest BCUT2D eigenvalue weighted by molar-refractivity contribution is 0.281. The molecule has 0 bridgehead atoms. The molecule has 28 heavy (non-hydrogen) atoms. The van der Waals surface area contributed by atoms with Crippen LogP contribution >= 0.6 is 24.0 Å². The third-order valence-corrected chi connectivity index (χ3v) is 4.36. The summed E-state index contributed by atoms with van der Waals surface area (Å²) in [5.74, 6) is 3.61. The highest BCUT2D eigenvalue weighted by Crippen LogP contribution is 2.16. The van der Waals surface area contributed by atoms with Gasteiger partial charge in [-0.2, -0.15) is 0 Å². The average Bonchev–Trinajstić information content (AvgIpc) is 3.10. The minimum Gasteiger partial charge on any atom is -0.497 e. The van der Waals surface area contributed by atoms with Gasteiger partial charge in [-0.15, -0.1) is 24.0 Å². The molecular weight excluding hydrogens is 469 g/mol. The number of hydrogen-bond donors (Lipinski definition) is 1. The zero-order chi connectivity index (χ0) is 19.5. The van der Waals surface area contributed by atoms with Crippen molar-refractivity contribution in [3.63, 3.8) is 0 Å². The van der Waals surface area contributed by atoms with Gasteiger partial charge >= 0.3 is 0 Å². The van der Waals surface area contributed by atoms with Gasteiger partial charge in [0.1, 0.15) is 23.9 Å². The molecule has 0 spiro atoms. The summed E-state index contributed by atoms with van der Waals surface area (Å²) in [5, 5.41) is 3.41. The number of methoxy groups -OCH3 is 1. The van der Waals surface area contributed by atoms with Crippen molar-refractivity contribution in [3.05, 3.63) is 42.5 Å². The normalized spacial score (nSPS) is 10.9. The van der Waals surface area contributed by atoms with Crippen molar-refractivity contribution < 1.29 is 9.47 Å². The molecule has 0 fully saturated rings. The highest BCUT2D eigenvalue weighted by molar-refractivity contribution is 14.0. The first kappa shape index (κ1) is 24.1. The van der Waals surface area contributed by atoms with Gasteiger partial charge in [0.15, 0.2) is 5.96 Å². The SMILES string of the molecule is CN=C(NCCCCn1ccnc1C)N(C)CCOc1ccc(OC)cc1.I. The fraction of sp³-hybridized carbons (Fsp3) is 0.500. The Morgan fingerprint density at radius 2 is 1.93 bits per heavy atom. The monoisotopic (exact) mass is 501 g/mol. The topological polar surface area (TPSA) is 63.9 Å². The van der Waals surface area contributed by atoms with E-state index in [-0.39, 0.29) is 24.0 Å². The van der Waals surface area contributed by atoms with Gasteiger partial charge in [0.25, 0.3) is 0 Å². The van der Waals surface area contributed by atoms with E-state index in [0.29, 0.717) is 6.61 Å². The van der Waals surface area contributed by atoms with Crippen LogP contribution in [-0.2, 0) is 6.54 Å². The first-order valence-corrected chi connectivity index (χ1v) is 9.30. The van der Waals surface area contributed by atoms with E-state index in [4.69, 9.17) is 9.47 Å². The van der Waals surface area contributed by atoms with E-state index in [9.17, 15) is 0 Å². The second-order valence-electron chi connectivity index (χ2n) is 6.29. The van der Waals surface area contributed by atoms with Crippen LogP contribution in [0.5, 0.6) is 11.5 Å². The van der Waals surface area contributed by atoms with E-state index in [0.717, 1.165) is 55.8 Å². The predicted octanol–water partition coefficient (Wildman–Crippen LogP) is 3.18. The summed E-state index contributed by atoms with van der Waals surface area (Å²) in [4.78, 5) is 10.7. The van der Waals surface area contributed by atoms with E-state index in [2.05, 4.69) is 24.8 Å². The Bertz CT molecular complexity index is 703. The van der Waals surface area contributed by atoms with Crippen molar-refractivity contribution in [2.45, 2.75) is 26.3 Å². The maximum Gasteiger partial charge on any atom is 0.193 e. The molecule has 2 aromatic rings. The summed E-state index contributed by atoms with van der Waals surface area (Å²) in [5.41, 5.74) is 0. The van der Waals surface area contributed by atoms with Crippen LogP contribution in [-0.4, -0.2) is 61.3 Å². The zero-order valence-corrected chi connectivity index (χ0v) is 19.6. The number of aryl methyl sites for hydroxylation is 2. The maximum absolute atomic E-state index is 5.78. The van der Waals surface area contributed by atoms with Crippen LogP contribution in [0.25, 0.3) is 0 Å². The minimum absolute atomic E-state index is 0. The van der Waals surface area contributed by atoms with Crippen LogP contribution in [0.2, 0.25) is 0 Å². The van der Waals surface area contributed by atoms with Gasteiger partial charge in [0.2, 0.25) is 0 Å². The molecule has 0 amide bonds. The van der Waals surface area contributed by atoms with Crippen molar-refractivity contribution in [1.82, 2.24) is 19.8 Å². The number of guanidine groups is 1. The molecule has 0 aliphatic carbocycles. The standard InChI is InChI=1S/C20H31N5O2.HI/c1-17-22-12-14-25(17)13-6-5-11-23-20(21-2)24(3)15-16-27-19-9-7-18(26-4)8-10-19;/h7-10,12,14H,5-6,11,13,15-16H2,1-4H3,(H,21,23);1H. The quantitative estimate of drug-likeness (QED) is 0.235. The predicted molar refractivity (Wildman–Crippen MR) is 124 cm³/mol. The molecular formula is C20H32IN5O2. The third-order valence-electron chi connectivity index (χ3n) is 4.36. The van der Waals surface area contributed by atoms with Gasteiger partial charge in [-0.05, 0) is 44.0 Å².